The molecule has 0 atom stereocenters. The molecule has 2 rings (SSSR count). The molecule has 0 unspecified atom stereocenters. The zero-order chi connectivity index (χ0) is 17.7. The summed E-state index contributed by atoms with van der Waals surface area (Å²) >= 11 is 0. The van der Waals surface area contributed by atoms with Crippen molar-refractivity contribution in [3.05, 3.63) is 60.1 Å². The highest BCUT2D eigenvalue weighted by atomic mass is 16.5. The lowest BCUT2D eigenvalue weighted by molar-refractivity contribution is 0.375. The van der Waals surface area contributed by atoms with Crippen molar-refractivity contribution in [2.24, 2.45) is 4.99 Å². The van der Waals surface area contributed by atoms with Crippen molar-refractivity contribution in [3.8, 4) is 11.8 Å². The summed E-state index contributed by atoms with van der Waals surface area (Å²) in [6.07, 6.45) is 0. The fourth-order valence-corrected chi connectivity index (χ4v) is 2.08. The first kappa shape index (κ1) is 17.5. The molecular weight excluding hydrogens is 306 g/mol. The minimum Gasteiger partial charge on any atom is -0.493 e. The van der Waals surface area contributed by atoms with Crippen molar-refractivity contribution in [2.45, 2.75) is 19.3 Å². The topological polar surface area (TPSA) is 76.8 Å². The van der Waals surface area contributed by atoms with Gasteiger partial charge >= 0.3 is 0 Å². The Labute approximate surface area is 141 Å². The monoisotopic (exact) mass is 327 g/mol. The summed E-state index contributed by atoms with van der Waals surface area (Å²) < 4.78 is 10.3. The predicted molar refractivity (Wildman–Crippen MR) is 92.4 cm³/mol. The smallest absolute Gasteiger partial charge is 0.260 e. The van der Waals surface area contributed by atoms with E-state index >= 15 is 0 Å². The molecule has 1 N–H and O–H groups in total. The van der Waals surface area contributed by atoms with Crippen LogP contribution in [0.2, 0.25) is 0 Å². The molecule has 0 aliphatic rings. The molecule has 1 aromatic heterocycles. The van der Waals surface area contributed by atoms with Crippen LogP contribution in [0.15, 0.2) is 53.7 Å². The van der Waals surface area contributed by atoms with Crippen molar-refractivity contribution >= 4 is 5.90 Å². The van der Waals surface area contributed by atoms with Crippen molar-refractivity contribution in [1.29, 1.82) is 0 Å². The lowest BCUT2D eigenvalue weighted by atomic mass is 9.82. The molecule has 0 amide bonds. The number of allylic oxidation sites excluding steroid dienone is 1. The van der Waals surface area contributed by atoms with E-state index in [1.165, 1.54) is 20.3 Å². The van der Waals surface area contributed by atoms with E-state index in [4.69, 9.17) is 9.47 Å². The van der Waals surface area contributed by atoms with Gasteiger partial charge in [-0.2, -0.15) is 9.97 Å². The molecule has 0 aliphatic heterocycles. The van der Waals surface area contributed by atoms with Gasteiger partial charge in [-0.1, -0.05) is 50.8 Å². The third-order valence-electron chi connectivity index (χ3n) is 3.74. The molecule has 0 radical (unpaired) electrons. The molecule has 6 heteroatoms. The largest absolute Gasteiger partial charge is 0.493 e. The number of hydrogen-bond donors (Lipinski definition) is 1. The van der Waals surface area contributed by atoms with Crippen LogP contribution in [0.4, 0.5) is 0 Å². The van der Waals surface area contributed by atoms with Gasteiger partial charge in [-0.15, -0.1) is 0 Å². The van der Waals surface area contributed by atoms with Crippen LogP contribution in [-0.2, 0) is 10.2 Å². The minimum absolute atomic E-state index is 0.124. The van der Waals surface area contributed by atoms with Gasteiger partial charge in [0.25, 0.3) is 5.90 Å². The van der Waals surface area contributed by atoms with Crippen molar-refractivity contribution < 1.29 is 14.6 Å². The Morgan fingerprint density at radius 3 is 2.42 bits per heavy atom. The fourth-order valence-electron chi connectivity index (χ4n) is 2.08. The van der Waals surface area contributed by atoms with E-state index in [0.717, 1.165) is 5.56 Å². The van der Waals surface area contributed by atoms with E-state index in [2.05, 4.69) is 21.5 Å². The summed E-state index contributed by atoms with van der Waals surface area (Å²) in [4.78, 5) is 12.5. The van der Waals surface area contributed by atoms with Gasteiger partial charge in [0.1, 0.15) is 0 Å². The third kappa shape index (κ3) is 3.71. The molecule has 24 heavy (non-hydrogen) atoms. The highest BCUT2D eigenvalue weighted by Crippen LogP contribution is 2.31. The lowest BCUT2D eigenvalue weighted by Crippen LogP contribution is -2.20. The molecule has 2 aromatic rings. The Morgan fingerprint density at radius 1 is 1.17 bits per heavy atom. The summed E-state index contributed by atoms with van der Waals surface area (Å²) in [5.41, 5.74) is 1.24. The van der Waals surface area contributed by atoms with Gasteiger partial charge in [-0.3, -0.25) is 0 Å². The zero-order valence-corrected chi connectivity index (χ0v) is 14.3. The van der Waals surface area contributed by atoms with Crippen molar-refractivity contribution in [1.82, 2.24) is 9.97 Å². The van der Waals surface area contributed by atoms with E-state index in [1.807, 2.05) is 44.2 Å². The summed E-state index contributed by atoms with van der Waals surface area (Å²) in [7, 11) is 2.91. The fraction of sp³-hybridized carbons (Fsp3) is 0.278. The number of ether oxygens (including phenoxy) is 2. The number of methoxy groups -OCH3 is 2. The van der Waals surface area contributed by atoms with Gasteiger partial charge in [0.05, 0.1) is 20.3 Å². The van der Waals surface area contributed by atoms with Gasteiger partial charge in [0.15, 0.2) is 0 Å². The standard InChI is InChI=1S/C18H21N3O3/c1-12(18(2,3)13-9-7-6-8-10-13)19-17(24-5)16-20-14(22)11-15(21-16)23-4/h6-11H,1H2,2-5H3,(H,20,21,22)/b19-17-. The average Bonchev–Trinajstić information content (AvgIpc) is 2.59. The maximum atomic E-state index is 9.68. The number of aromatic hydroxyl groups is 1. The van der Waals surface area contributed by atoms with Crippen molar-refractivity contribution in [3.63, 3.8) is 0 Å². The molecule has 0 bridgehead atoms. The van der Waals surface area contributed by atoms with E-state index in [0.29, 0.717) is 5.70 Å². The lowest BCUT2D eigenvalue weighted by Gasteiger charge is -2.25. The van der Waals surface area contributed by atoms with Crippen LogP contribution >= 0.6 is 0 Å². The molecule has 0 saturated heterocycles. The Hall–Kier alpha value is -2.89. The normalized spacial score (nSPS) is 11.9. The van der Waals surface area contributed by atoms with Crippen LogP contribution in [-0.4, -0.2) is 35.2 Å². The Morgan fingerprint density at radius 2 is 1.83 bits per heavy atom. The predicted octanol–water partition coefficient (Wildman–Crippen LogP) is 3.08. The second kappa shape index (κ2) is 7.12. The number of hydrogen-bond acceptors (Lipinski definition) is 6. The average molecular weight is 327 g/mol. The quantitative estimate of drug-likeness (QED) is 0.674. The first-order valence-electron chi connectivity index (χ1n) is 7.38. The number of rotatable bonds is 5. The highest BCUT2D eigenvalue weighted by Gasteiger charge is 2.25. The van der Waals surface area contributed by atoms with Gasteiger partial charge in [0, 0.05) is 11.1 Å². The van der Waals surface area contributed by atoms with Gasteiger partial charge < -0.3 is 14.6 Å². The molecule has 0 fully saturated rings. The zero-order valence-electron chi connectivity index (χ0n) is 14.3. The number of aromatic nitrogens is 2. The second-order valence-electron chi connectivity index (χ2n) is 5.65. The van der Waals surface area contributed by atoms with E-state index in [1.54, 1.807) is 0 Å². The Bertz CT molecular complexity index is 755. The third-order valence-corrected chi connectivity index (χ3v) is 3.74. The van der Waals surface area contributed by atoms with Crippen LogP contribution in [0.3, 0.4) is 0 Å². The first-order valence-corrected chi connectivity index (χ1v) is 7.38. The Kier molecular flexibility index (Phi) is 5.18. The van der Waals surface area contributed by atoms with Gasteiger partial charge in [-0.25, -0.2) is 4.99 Å². The number of benzene rings is 1. The van der Waals surface area contributed by atoms with Gasteiger partial charge in [-0.05, 0) is 5.56 Å². The van der Waals surface area contributed by atoms with Crippen LogP contribution in [0.25, 0.3) is 0 Å². The molecule has 0 spiro atoms. The van der Waals surface area contributed by atoms with Crippen LogP contribution in [0, 0.1) is 0 Å². The molecule has 126 valence electrons. The van der Waals surface area contributed by atoms with Crippen LogP contribution < -0.4 is 4.74 Å². The number of aliphatic imine (C=N–C) groups is 1. The van der Waals surface area contributed by atoms with E-state index in [9.17, 15) is 5.11 Å². The molecule has 1 aromatic carbocycles. The molecule has 0 aliphatic carbocycles. The SMILES string of the molecule is C=C(/N=C(\OC)c1nc(O)cc(OC)n1)C(C)(C)c1ccccc1. The van der Waals surface area contributed by atoms with Gasteiger partial charge in [0.2, 0.25) is 17.6 Å². The minimum atomic E-state index is -0.411. The summed E-state index contributed by atoms with van der Waals surface area (Å²) in [6.45, 7) is 8.10. The second-order valence-corrected chi connectivity index (χ2v) is 5.65. The van der Waals surface area contributed by atoms with Crippen LogP contribution in [0.1, 0.15) is 25.2 Å². The van der Waals surface area contributed by atoms with E-state index < -0.39 is 5.41 Å². The van der Waals surface area contributed by atoms with Crippen LogP contribution in [0.5, 0.6) is 11.8 Å². The van der Waals surface area contributed by atoms with E-state index in [-0.39, 0.29) is 23.5 Å². The van der Waals surface area contributed by atoms with Crippen molar-refractivity contribution in [2.75, 3.05) is 14.2 Å². The summed E-state index contributed by atoms with van der Waals surface area (Å²) in [5, 5.41) is 9.68. The number of nitrogens with zero attached hydrogens (tertiary/aromatic N) is 3. The highest BCUT2D eigenvalue weighted by molar-refractivity contribution is 5.91. The molecular formula is C18H21N3O3. The maximum Gasteiger partial charge on any atom is 0.260 e. The maximum absolute atomic E-state index is 9.68. The first-order chi connectivity index (χ1) is 11.4. The molecule has 6 nitrogen and oxygen atoms in total. The summed E-state index contributed by atoms with van der Waals surface area (Å²) in [6, 6.07) is 11.2. The Balaban J connectivity index is 2.40. The molecule has 0 saturated carbocycles. The summed E-state index contributed by atoms with van der Waals surface area (Å²) in [5.74, 6) is 0.266. The molecule has 1 heterocycles.